The van der Waals surface area contributed by atoms with Crippen LogP contribution in [0.2, 0.25) is 0 Å². The topological polar surface area (TPSA) is 88.4 Å². The van der Waals surface area contributed by atoms with Crippen LogP contribution in [0, 0.1) is 5.82 Å². The lowest BCUT2D eigenvalue weighted by Crippen LogP contribution is -2.51. The van der Waals surface area contributed by atoms with Crippen LogP contribution in [0.25, 0.3) is 0 Å². The Morgan fingerprint density at radius 1 is 1.22 bits per heavy atom. The number of hydrogen-bond acceptors (Lipinski definition) is 6. The molecule has 11 heteroatoms. The second kappa shape index (κ2) is 8.36. The molecule has 0 saturated carbocycles. The third-order valence-electron chi connectivity index (χ3n) is 4.29. The molecule has 1 aromatic carbocycles. The van der Waals surface area contributed by atoms with E-state index in [1.165, 1.54) is 34.3 Å². The van der Waals surface area contributed by atoms with Crippen molar-refractivity contribution in [2.75, 3.05) is 31.9 Å². The number of hydrogen-bond donors (Lipinski definition) is 0. The molecule has 3 rings (SSSR count). The average molecular weight is 414 g/mol. The summed E-state index contributed by atoms with van der Waals surface area (Å²) >= 11 is 1.30. The molecule has 1 saturated heterocycles. The van der Waals surface area contributed by atoms with E-state index in [-0.39, 0.29) is 42.7 Å². The predicted molar refractivity (Wildman–Crippen MR) is 98.2 cm³/mol. The number of carbonyl (C=O) groups excluding carboxylic acids is 1. The van der Waals surface area contributed by atoms with Crippen molar-refractivity contribution in [3.05, 3.63) is 36.4 Å². The molecule has 1 fully saturated rings. The first-order chi connectivity index (χ1) is 12.9. The number of piperazine rings is 1. The molecule has 0 N–H and O–H groups in total. The van der Waals surface area contributed by atoms with E-state index in [2.05, 4.69) is 10.2 Å². The summed E-state index contributed by atoms with van der Waals surface area (Å²) in [7, 11) is -3.91. The molecular formula is C16H20FN5O3S2. The van der Waals surface area contributed by atoms with E-state index in [0.29, 0.717) is 5.16 Å². The number of sulfonamides is 1. The van der Waals surface area contributed by atoms with Gasteiger partial charge in [-0.05, 0) is 19.1 Å². The summed E-state index contributed by atoms with van der Waals surface area (Å²) < 4.78 is 42.1. The molecule has 1 aliphatic heterocycles. The summed E-state index contributed by atoms with van der Waals surface area (Å²) in [4.78, 5) is 13.7. The Morgan fingerprint density at radius 3 is 2.59 bits per heavy atom. The molecule has 1 amide bonds. The van der Waals surface area contributed by atoms with Crippen LogP contribution in [0.1, 0.15) is 6.92 Å². The van der Waals surface area contributed by atoms with Gasteiger partial charge in [-0.3, -0.25) is 4.79 Å². The number of halogens is 1. The molecule has 8 nitrogen and oxygen atoms in total. The molecule has 27 heavy (non-hydrogen) atoms. The molecule has 0 aliphatic carbocycles. The first kappa shape index (κ1) is 19.8. The largest absolute Gasteiger partial charge is 0.339 e. The van der Waals surface area contributed by atoms with Crippen LogP contribution < -0.4 is 0 Å². The maximum atomic E-state index is 13.9. The van der Waals surface area contributed by atoms with Crippen LogP contribution in [0.5, 0.6) is 0 Å². The van der Waals surface area contributed by atoms with Crippen molar-refractivity contribution >= 4 is 27.7 Å². The molecule has 0 spiro atoms. The molecule has 0 unspecified atom stereocenters. The lowest BCUT2D eigenvalue weighted by atomic mass is 10.3. The number of aryl methyl sites for hydroxylation is 1. The van der Waals surface area contributed by atoms with Gasteiger partial charge in [-0.25, -0.2) is 12.8 Å². The van der Waals surface area contributed by atoms with Crippen molar-refractivity contribution in [1.29, 1.82) is 0 Å². The van der Waals surface area contributed by atoms with Gasteiger partial charge in [0.1, 0.15) is 17.0 Å². The maximum Gasteiger partial charge on any atom is 0.246 e. The molecule has 2 heterocycles. The summed E-state index contributed by atoms with van der Waals surface area (Å²) in [6, 6.07) is 5.31. The Kier molecular flexibility index (Phi) is 6.12. The van der Waals surface area contributed by atoms with E-state index >= 15 is 0 Å². The van der Waals surface area contributed by atoms with Gasteiger partial charge < -0.3 is 9.47 Å². The highest BCUT2D eigenvalue weighted by atomic mass is 32.2. The molecule has 0 radical (unpaired) electrons. The van der Waals surface area contributed by atoms with Crippen LogP contribution >= 0.6 is 11.8 Å². The minimum Gasteiger partial charge on any atom is -0.339 e. The van der Waals surface area contributed by atoms with Gasteiger partial charge in [-0.2, -0.15) is 4.31 Å². The number of nitrogens with zero attached hydrogens (tertiary/aromatic N) is 5. The monoisotopic (exact) mass is 413 g/mol. The van der Waals surface area contributed by atoms with Crippen LogP contribution in [0.3, 0.4) is 0 Å². The molecule has 146 valence electrons. The van der Waals surface area contributed by atoms with E-state index in [0.717, 1.165) is 12.6 Å². The second-order valence-electron chi connectivity index (χ2n) is 5.90. The van der Waals surface area contributed by atoms with Gasteiger partial charge in [0.15, 0.2) is 5.16 Å². The third-order valence-corrected chi connectivity index (χ3v) is 7.19. The fourth-order valence-electron chi connectivity index (χ4n) is 2.76. The summed E-state index contributed by atoms with van der Waals surface area (Å²) in [5.41, 5.74) is 0. The number of thioether (sulfide) groups is 1. The van der Waals surface area contributed by atoms with Gasteiger partial charge in [0.25, 0.3) is 0 Å². The Labute approximate surface area is 161 Å². The molecule has 0 atom stereocenters. The fourth-order valence-corrected chi connectivity index (χ4v) is 5.13. The quantitative estimate of drug-likeness (QED) is 0.658. The van der Waals surface area contributed by atoms with Crippen molar-refractivity contribution in [3.63, 3.8) is 0 Å². The Hall–Kier alpha value is -1.98. The van der Waals surface area contributed by atoms with Crippen LogP contribution in [0.15, 0.2) is 40.6 Å². The zero-order valence-electron chi connectivity index (χ0n) is 14.8. The van der Waals surface area contributed by atoms with Crippen LogP contribution in [0.4, 0.5) is 4.39 Å². The van der Waals surface area contributed by atoms with Gasteiger partial charge in [0, 0.05) is 32.7 Å². The van der Waals surface area contributed by atoms with Crippen molar-refractivity contribution in [1.82, 2.24) is 24.0 Å². The van der Waals surface area contributed by atoms with E-state index in [9.17, 15) is 17.6 Å². The smallest absolute Gasteiger partial charge is 0.246 e. The van der Waals surface area contributed by atoms with Gasteiger partial charge in [-0.1, -0.05) is 23.9 Å². The Balaban J connectivity index is 1.57. The second-order valence-corrected chi connectivity index (χ2v) is 8.75. The Morgan fingerprint density at radius 2 is 1.93 bits per heavy atom. The zero-order chi connectivity index (χ0) is 19.4. The average Bonchev–Trinajstić information content (AvgIpc) is 3.14. The Bertz CT molecular complexity index is 910. The van der Waals surface area contributed by atoms with Crippen molar-refractivity contribution in [3.8, 4) is 0 Å². The van der Waals surface area contributed by atoms with Crippen molar-refractivity contribution in [2.24, 2.45) is 0 Å². The van der Waals surface area contributed by atoms with Gasteiger partial charge in [0.05, 0.1) is 5.75 Å². The van der Waals surface area contributed by atoms with Crippen LogP contribution in [-0.2, 0) is 21.4 Å². The fraction of sp³-hybridized carbons (Fsp3) is 0.438. The standard InChI is InChI=1S/C16H20FN5O3S2/c1-2-20-12-18-19-16(20)26-11-15(23)21-7-9-22(10-8-21)27(24,25)14-6-4-3-5-13(14)17/h3-6,12H,2,7-11H2,1H3. The third kappa shape index (κ3) is 4.30. The van der Waals surface area contributed by atoms with Crippen LogP contribution in [-0.4, -0.2) is 70.2 Å². The first-order valence-electron chi connectivity index (χ1n) is 8.46. The summed E-state index contributed by atoms with van der Waals surface area (Å²) in [6.07, 6.45) is 1.61. The minimum absolute atomic E-state index is 0.0893. The van der Waals surface area contributed by atoms with Gasteiger partial charge in [0.2, 0.25) is 15.9 Å². The molecular weight excluding hydrogens is 393 g/mol. The highest BCUT2D eigenvalue weighted by Gasteiger charge is 2.31. The number of benzene rings is 1. The highest BCUT2D eigenvalue weighted by molar-refractivity contribution is 7.99. The maximum absolute atomic E-state index is 13.9. The first-order valence-corrected chi connectivity index (χ1v) is 10.9. The normalized spacial score (nSPS) is 15.9. The number of rotatable bonds is 6. The molecule has 1 aromatic heterocycles. The lowest BCUT2D eigenvalue weighted by Gasteiger charge is -2.34. The van der Waals surface area contributed by atoms with E-state index in [1.807, 2.05) is 11.5 Å². The number of aromatic nitrogens is 3. The van der Waals surface area contributed by atoms with Crippen molar-refractivity contribution in [2.45, 2.75) is 23.5 Å². The van der Waals surface area contributed by atoms with E-state index in [4.69, 9.17) is 0 Å². The number of amides is 1. The molecule has 0 bridgehead atoms. The van der Waals surface area contributed by atoms with Gasteiger partial charge in [-0.15, -0.1) is 10.2 Å². The van der Waals surface area contributed by atoms with Crippen molar-refractivity contribution < 1.29 is 17.6 Å². The van der Waals surface area contributed by atoms with E-state index in [1.54, 1.807) is 11.2 Å². The SMILES string of the molecule is CCn1cnnc1SCC(=O)N1CCN(S(=O)(=O)c2ccccc2F)CC1. The number of carbonyl (C=O) groups is 1. The van der Waals surface area contributed by atoms with E-state index < -0.39 is 15.8 Å². The zero-order valence-corrected chi connectivity index (χ0v) is 16.4. The molecule has 1 aliphatic rings. The minimum atomic E-state index is -3.91. The summed E-state index contributed by atoms with van der Waals surface area (Å²) in [5.74, 6) is -0.653. The predicted octanol–water partition coefficient (Wildman–Crippen LogP) is 1.06. The highest BCUT2D eigenvalue weighted by Crippen LogP contribution is 2.21. The molecule has 2 aromatic rings. The summed E-state index contributed by atoms with van der Waals surface area (Å²) in [6.45, 7) is 3.50. The van der Waals surface area contributed by atoms with Gasteiger partial charge >= 0.3 is 0 Å². The lowest BCUT2D eigenvalue weighted by molar-refractivity contribution is -0.129. The summed E-state index contributed by atoms with van der Waals surface area (Å²) in [5, 5.41) is 8.46.